The first-order valence-corrected chi connectivity index (χ1v) is 9.17. The van der Waals surface area contributed by atoms with Crippen molar-refractivity contribution in [3.63, 3.8) is 0 Å². The van der Waals surface area contributed by atoms with Gasteiger partial charge in [-0.15, -0.1) is 0 Å². The van der Waals surface area contributed by atoms with Gasteiger partial charge in [0.1, 0.15) is 11.6 Å². The van der Waals surface area contributed by atoms with Crippen LogP contribution in [0.5, 0.6) is 0 Å². The first-order chi connectivity index (χ1) is 14.7. The van der Waals surface area contributed by atoms with Gasteiger partial charge >= 0.3 is 0 Å². The van der Waals surface area contributed by atoms with Crippen LogP contribution < -0.4 is 5.73 Å². The Bertz CT molecular complexity index is 1200. The van der Waals surface area contributed by atoms with Crippen molar-refractivity contribution >= 4 is 11.9 Å². The van der Waals surface area contributed by atoms with Crippen molar-refractivity contribution in [1.82, 2.24) is 9.88 Å². The van der Waals surface area contributed by atoms with Crippen LogP contribution in [-0.2, 0) is 10.3 Å². The number of nitrogens with zero attached hydrogens (tertiary/aromatic N) is 3. The second-order valence-electron chi connectivity index (χ2n) is 7.05. The Morgan fingerprint density at radius 2 is 1.71 bits per heavy atom. The normalized spacial score (nSPS) is 18.6. The SMILES string of the molecule is CN1C(=O)C(c2cncc(C(F)F)c2)(c2ccc(F)c(-c3ccc(F)cc3)c2)N=C1N. The molecule has 3 aromatic rings. The first kappa shape index (κ1) is 20.5. The van der Waals surface area contributed by atoms with E-state index in [1.54, 1.807) is 0 Å². The van der Waals surface area contributed by atoms with Crippen molar-refractivity contribution in [2.45, 2.75) is 12.0 Å². The number of pyridine rings is 1. The zero-order valence-electron chi connectivity index (χ0n) is 16.2. The fourth-order valence-electron chi connectivity index (χ4n) is 3.56. The summed E-state index contributed by atoms with van der Waals surface area (Å²) in [4.78, 5) is 22.5. The fraction of sp³-hybridized carbons (Fsp3) is 0.136. The molecular weight excluding hydrogens is 412 g/mol. The van der Waals surface area contributed by atoms with Crippen molar-refractivity contribution in [2.24, 2.45) is 10.7 Å². The monoisotopic (exact) mass is 428 g/mol. The van der Waals surface area contributed by atoms with E-state index in [4.69, 9.17) is 5.73 Å². The highest BCUT2D eigenvalue weighted by Gasteiger charge is 2.50. The number of hydrogen-bond acceptors (Lipinski definition) is 4. The minimum absolute atomic E-state index is 0.0688. The topological polar surface area (TPSA) is 71.6 Å². The predicted octanol–water partition coefficient (Wildman–Crippen LogP) is 3.99. The Kier molecular flexibility index (Phi) is 4.96. The molecule has 0 bridgehead atoms. The van der Waals surface area contributed by atoms with Crippen molar-refractivity contribution in [1.29, 1.82) is 0 Å². The third kappa shape index (κ3) is 3.31. The number of halogens is 4. The van der Waals surface area contributed by atoms with Crippen LogP contribution in [0.15, 0.2) is 65.9 Å². The van der Waals surface area contributed by atoms with Crippen LogP contribution >= 0.6 is 0 Å². The molecule has 31 heavy (non-hydrogen) atoms. The molecule has 0 saturated carbocycles. The summed E-state index contributed by atoms with van der Waals surface area (Å²) in [5, 5.41) is 0. The Labute approximate surface area is 174 Å². The summed E-state index contributed by atoms with van der Waals surface area (Å²) in [5.41, 5.74) is 4.40. The first-order valence-electron chi connectivity index (χ1n) is 9.17. The molecule has 0 aliphatic carbocycles. The Morgan fingerprint density at radius 3 is 2.32 bits per heavy atom. The average Bonchev–Trinajstić information content (AvgIpc) is 3.00. The molecule has 4 rings (SSSR count). The second-order valence-corrected chi connectivity index (χ2v) is 7.05. The number of nitrogens with two attached hydrogens (primary N) is 1. The third-order valence-electron chi connectivity index (χ3n) is 5.21. The van der Waals surface area contributed by atoms with E-state index in [9.17, 15) is 22.4 Å². The smallest absolute Gasteiger partial charge is 0.266 e. The lowest BCUT2D eigenvalue weighted by Crippen LogP contribution is -2.41. The van der Waals surface area contributed by atoms with Crippen LogP contribution in [0.25, 0.3) is 11.1 Å². The van der Waals surface area contributed by atoms with Gasteiger partial charge in [0.15, 0.2) is 11.5 Å². The minimum Gasteiger partial charge on any atom is -0.369 e. The summed E-state index contributed by atoms with van der Waals surface area (Å²) >= 11 is 0. The quantitative estimate of drug-likeness (QED) is 0.639. The van der Waals surface area contributed by atoms with E-state index in [0.29, 0.717) is 5.56 Å². The molecule has 2 N–H and O–H groups in total. The number of guanidine groups is 1. The molecule has 1 atom stereocenters. The standard InChI is InChI=1S/C22H16F4N4O/c1-30-20(31)22(29-21(30)27,15-8-13(19(25)26)10-28-11-15)14-4-7-18(24)17(9-14)12-2-5-16(23)6-3-12/h2-11,19H,1H3,(H2,27,29). The Balaban J connectivity index is 1.96. The molecule has 158 valence electrons. The fourth-order valence-corrected chi connectivity index (χ4v) is 3.56. The number of aliphatic imine (C=N–C) groups is 1. The lowest BCUT2D eigenvalue weighted by Gasteiger charge is -2.26. The van der Waals surface area contributed by atoms with Crippen molar-refractivity contribution in [3.05, 3.63) is 89.2 Å². The molecule has 1 aliphatic heterocycles. The van der Waals surface area contributed by atoms with Gasteiger partial charge in [-0.1, -0.05) is 18.2 Å². The van der Waals surface area contributed by atoms with Crippen molar-refractivity contribution in [3.8, 4) is 11.1 Å². The van der Waals surface area contributed by atoms with Gasteiger partial charge in [0.25, 0.3) is 12.3 Å². The molecule has 1 aromatic heterocycles. The van der Waals surface area contributed by atoms with Crippen LogP contribution in [0, 0.1) is 11.6 Å². The highest BCUT2D eigenvalue weighted by Crippen LogP contribution is 2.41. The lowest BCUT2D eigenvalue weighted by molar-refractivity contribution is -0.129. The van der Waals surface area contributed by atoms with E-state index in [0.717, 1.165) is 23.2 Å². The molecule has 0 spiro atoms. The molecule has 1 aliphatic rings. The number of benzene rings is 2. The van der Waals surface area contributed by atoms with Gasteiger partial charge in [0, 0.05) is 36.1 Å². The van der Waals surface area contributed by atoms with Gasteiger partial charge in [-0.3, -0.25) is 14.7 Å². The molecule has 2 aromatic carbocycles. The molecule has 9 heteroatoms. The summed E-state index contributed by atoms with van der Waals surface area (Å²) in [6.07, 6.45) is -0.573. The summed E-state index contributed by atoms with van der Waals surface area (Å²) in [7, 11) is 1.40. The highest BCUT2D eigenvalue weighted by atomic mass is 19.3. The molecular formula is C22H16F4N4O. The van der Waals surface area contributed by atoms with Gasteiger partial charge in [-0.05, 0) is 41.5 Å². The van der Waals surface area contributed by atoms with Gasteiger partial charge in [0.2, 0.25) is 0 Å². The van der Waals surface area contributed by atoms with Gasteiger partial charge < -0.3 is 5.73 Å². The summed E-state index contributed by atoms with van der Waals surface area (Å²) in [6.45, 7) is 0. The molecule has 1 amide bonds. The lowest BCUT2D eigenvalue weighted by atomic mass is 9.82. The van der Waals surface area contributed by atoms with E-state index in [1.165, 1.54) is 49.6 Å². The maximum Gasteiger partial charge on any atom is 0.266 e. The van der Waals surface area contributed by atoms with E-state index < -0.39 is 35.1 Å². The number of carbonyl (C=O) groups is 1. The molecule has 0 saturated heterocycles. The number of amides is 1. The van der Waals surface area contributed by atoms with E-state index in [2.05, 4.69) is 9.98 Å². The van der Waals surface area contributed by atoms with E-state index in [1.807, 2.05) is 0 Å². The molecule has 1 unspecified atom stereocenters. The van der Waals surface area contributed by atoms with Gasteiger partial charge in [-0.2, -0.15) is 0 Å². The van der Waals surface area contributed by atoms with E-state index >= 15 is 0 Å². The maximum atomic E-state index is 14.6. The van der Waals surface area contributed by atoms with Crippen molar-refractivity contribution in [2.75, 3.05) is 7.05 Å². The molecule has 0 fully saturated rings. The number of alkyl halides is 2. The molecule has 5 nitrogen and oxygen atoms in total. The zero-order valence-corrected chi connectivity index (χ0v) is 16.2. The van der Waals surface area contributed by atoms with Crippen LogP contribution in [0.2, 0.25) is 0 Å². The number of likely N-dealkylation sites (N-methyl/N-ethyl adjacent to an activating group) is 1. The highest BCUT2D eigenvalue weighted by molar-refractivity contribution is 6.09. The summed E-state index contributed by atoms with van der Waals surface area (Å²) in [6, 6.07) is 10.1. The van der Waals surface area contributed by atoms with Crippen LogP contribution in [0.3, 0.4) is 0 Å². The van der Waals surface area contributed by atoms with Crippen LogP contribution in [-0.4, -0.2) is 28.8 Å². The molecule has 2 heterocycles. The summed E-state index contributed by atoms with van der Waals surface area (Å²) in [5.74, 6) is -1.83. The second kappa shape index (κ2) is 7.50. The van der Waals surface area contributed by atoms with Crippen molar-refractivity contribution < 1.29 is 22.4 Å². The number of rotatable bonds is 4. The number of carbonyl (C=O) groups excluding carboxylic acids is 1. The third-order valence-corrected chi connectivity index (χ3v) is 5.21. The van der Waals surface area contributed by atoms with Crippen LogP contribution in [0.4, 0.5) is 17.6 Å². The largest absolute Gasteiger partial charge is 0.369 e. The van der Waals surface area contributed by atoms with Crippen LogP contribution in [0.1, 0.15) is 23.1 Å². The minimum atomic E-state index is -2.82. The summed E-state index contributed by atoms with van der Waals surface area (Å²) < 4.78 is 54.5. The predicted molar refractivity (Wildman–Crippen MR) is 106 cm³/mol. The number of aromatic nitrogens is 1. The zero-order chi connectivity index (χ0) is 22.3. The Morgan fingerprint density at radius 1 is 1.00 bits per heavy atom. The number of hydrogen-bond donors (Lipinski definition) is 1. The van der Waals surface area contributed by atoms with Gasteiger partial charge in [0.05, 0.1) is 0 Å². The molecule has 0 radical (unpaired) electrons. The van der Waals surface area contributed by atoms with Gasteiger partial charge in [-0.25, -0.2) is 22.6 Å². The average molecular weight is 428 g/mol. The maximum absolute atomic E-state index is 14.6. The van der Waals surface area contributed by atoms with E-state index in [-0.39, 0.29) is 22.6 Å². The Hall–Kier alpha value is -3.75.